The summed E-state index contributed by atoms with van der Waals surface area (Å²) in [6.45, 7) is 2.07. The third-order valence-electron chi connectivity index (χ3n) is 7.05. The third-order valence-corrected chi connectivity index (χ3v) is 8.96. The zero-order valence-electron chi connectivity index (χ0n) is 22.9. The van der Waals surface area contributed by atoms with Crippen LogP contribution in [0.25, 0.3) is 0 Å². The normalized spacial score (nSPS) is 14.5. The number of ether oxygens (including phenoxy) is 1. The lowest BCUT2D eigenvalue weighted by Crippen LogP contribution is -2.44. The molecule has 0 aliphatic carbocycles. The van der Waals surface area contributed by atoms with Gasteiger partial charge in [-0.3, -0.25) is 9.59 Å². The van der Waals surface area contributed by atoms with Crippen molar-refractivity contribution >= 4 is 21.8 Å². The molecule has 0 unspecified atom stereocenters. The van der Waals surface area contributed by atoms with Gasteiger partial charge in [0, 0.05) is 39.7 Å². The van der Waals surface area contributed by atoms with E-state index in [1.165, 1.54) is 4.31 Å². The summed E-state index contributed by atoms with van der Waals surface area (Å²) in [5, 5.41) is 2.90. The highest BCUT2D eigenvalue weighted by Crippen LogP contribution is 2.26. The fourth-order valence-corrected chi connectivity index (χ4v) is 6.40. The molecule has 0 bridgehead atoms. The Morgan fingerprint density at radius 3 is 2.15 bits per heavy atom. The van der Waals surface area contributed by atoms with Crippen LogP contribution in [0.15, 0.2) is 89.8 Å². The van der Waals surface area contributed by atoms with Crippen LogP contribution in [0.3, 0.4) is 0 Å². The van der Waals surface area contributed by atoms with Crippen LogP contribution >= 0.6 is 0 Å². The molecule has 1 heterocycles. The van der Waals surface area contributed by atoms with Crippen LogP contribution in [0.4, 0.5) is 0 Å². The predicted molar refractivity (Wildman–Crippen MR) is 154 cm³/mol. The molecule has 1 aliphatic rings. The van der Waals surface area contributed by atoms with Gasteiger partial charge in [0.2, 0.25) is 21.8 Å². The highest BCUT2D eigenvalue weighted by molar-refractivity contribution is 7.89. The molecule has 1 atom stereocenters. The number of carbonyl (C=O) groups excluding carboxylic acids is 2. The second-order valence-electron chi connectivity index (χ2n) is 9.86. The Morgan fingerprint density at radius 2 is 1.52 bits per heavy atom. The van der Waals surface area contributed by atoms with Crippen LogP contribution in [0.2, 0.25) is 0 Å². The molecule has 1 saturated heterocycles. The Bertz CT molecular complexity index is 1340. The van der Waals surface area contributed by atoms with E-state index in [-0.39, 0.29) is 29.7 Å². The number of benzene rings is 3. The number of hydrogen-bond acceptors (Lipinski definition) is 5. The molecule has 3 aromatic carbocycles. The van der Waals surface area contributed by atoms with Crippen LogP contribution in [0.1, 0.15) is 42.0 Å². The molecule has 40 heavy (non-hydrogen) atoms. The first-order valence-electron chi connectivity index (χ1n) is 13.6. The molecule has 3 aromatic rings. The van der Waals surface area contributed by atoms with Gasteiger partial charge in [-0.2, -0.15) is 4.31 Å². The van der Waals surface area contributed by atoms with E-state index in [9.17, 15) is 18.0 Å². The highest BCUT2D eigenvalue weighted by atomic mass is 32.2. The second-order valence-corrected chi connectivity index (χ2v) is 11.8. The molecule has 212 valence electrons. The second kappa shape index (κ2) is 14.2. The number of amides is 2. The lowest BCUT2D eigenvalue weighted by atomic mass is 10.0. The van der Waals surface area contributed by atoms with E-state index >= 15 is 0 Å². The molecule has 9 heteroatoms. The van der Waals surface area contributed by atoms with Gasteiger partial charge in [0.1, 0.15) is 6.04 Å². The molecule has 0 aromatic heterocycles. The zero-order chi connectivity index (χ0) is 28.4. The van der Waals surface area contributed by atoms with Gasteiger partial charge in [-0.15, -0.1) is 0 Å². The SMILES string of the molecule is COCCNC(=O)[C@H](c1ccccc1)N(Cc1ccccc1)C(=O)CCc1ccc(S(=O)(=O)N2CCCC2)cc1. The van der Waals surface area contributed by atoms with Gasteiger partial charge in [-0.1, -0.05) is 72.8 Å². The van der Waals surface area contributed by atoms with Crippen molar-refractivity contribution in [3.05, 3.63) is 102 Å². The molecule has 1 aliphatic heterocycles. The summed E-state index contributed by atoms with van der Waals surface area (Å²) in [5.41, 5.74) is 2.49. The Morgan fingerprint density at radius 1 is 0.900 bits per heavy atom. The minimum Gasteiger partial charge on any atom is -0.383 e. The van der Waals surface area contributed by atoms with Crippen molar-refractivity contribution in [2.75, 3.05) is 33.4 Å². The lowest BCUT2D eigenvalue weighted by Gasteiger charge is -2.32. The molecule has 8 nitrogen and oxygen atoms in total. The van der Waals surface area contributed by atoms with Crippen molar-refractivity contribution < 1.29 is 22.7 Å². The zero-order valence-corrected chi connectivity index (χ0v) is 23.7. The van der Waals surface area contributed by atoms with Crippen molar-refractivity contribution in [3.8, 4) is 0 Å². The topological polar surface area (TPSA) is 96.0 Å². The maximum absolute atomic E-state index is 13.8. The Kier molecular flexibility index (Phi) is 10.5. The molecule has 1 N–H and O–H groups in total. The van der Waals surface area contributed by atoms with E-state index in [1.54, 1.807) is 36.3 Å². The van der Waals surface area contributed by atoms with Crippen molar-refractivity contribution in [1.82, 2.24) is 14.5 Å². The van der Waals surface area contributed by atoms with Gasteiger partial charge in [-0.05, 0) is 48.1 Å². The molecular weight excluding hydrogens is 526 g/mol. The van der Waals surface area contributed by atoms with Crippen LogP contribution in [-0.4, -0.2) is 62.8 Å². The van der Waals surface area contributed by atoms with Gasteiger partial charge in [0.15, 0.2) is 0 Å². The monoisotopic (exact) mass is 563 g/mol. The Labute approximate surface area is 237 Å². The molecule has 0 spiro atoms. The van der Waals surface area contributed by atoms with Gasteiger partial charge in [0.05, 0.1) is 11.5 Å². The predicted octanol–water partition coefficient (Wildman–Crippen LogP) is 3.94. The maximum atomic E-state index is 13.8. The fraction of sp³-hybridized carbons (Fsp3) is 0.355. The number of nitrogens with one attached hydrogen (secondary N) is 1. The molecule has 1 fully saturated rings. The van der Waals surface area contributed by atoms with Crippen LogP contribution in [0, 0.1) is 0 Å². The number of rotatable bonds is 13. The molecule has 0 saturated carbocycles. The number of nitrogens with zero attached hydrogens (tertiary/aromatic N) is 2. The largest absolute Gasteiger partial charge is 0.383 e. The van der Waals surface area contributed by atoms with E-state index in [4.69, 9.17) is 4.74 Å². The minimum atomic E-state index is -3.49. The summed E-state index contributed by atoms with van der Waals surface area (Å²) in [7, 11) is -1.92. The van der Waals surface area contributed by atoms with Crippen molar-refractivity contribution in [2.24, 2.45) is 0 Å². The smallest absolute Gasteiger partial charge is 0.247 e. The lowest BCUT2D eigenvalue weighted by molar-refractivity contribution is -0.141. The highest BCUT2D eigenvalue weighted by Gasteiger charge is 2.31. The molecular formula is C31H37N3O5S. The van der Waals surface area contributed by atoms with E-state index in [0.29, 0.717) is 32.7 Å². The van der Waals surface area contributed by atoms with Crippen LogP contribution < -0.4 is 5.32 Å². The van der Waals surface area contributed by atoms with Crippen LogP contribution in [-0.2, 0) is 37.3 Å². The minimum absolute atomic E-state index is 0.166. The van der Waals surface area contributed by atoms with E-state index in [2.05, 4.69) is 5.32 Å². The van der Waals surface area contributed by atoms with E-state index in [1.807, 2.05) is 60.7 Å². The number of hydrogen-bond donors (Lipinski definition) is 1. The van der Waals surface area contributed by atoms with Gasteiger partial charge in [0.25, 0.3) is 0 Å². The summed E-state index contributed by atoms with van der Waals surface area (Å²) < 4.78 is 32.3. The number of carbonyl (C=O) groups is 2. The standard InChI is InChI=1S/C31H37N3O5S/c1-39-23-20-32-31(36)30(27-12-6-3-7-13-27)34(24-26-10-4-2-5-11-26)29(35)19-16-25-14-17-28(18-15-25)40(37,38)33-21-8-9-22-33/h2-7,10-15,17-18,30H,8-9,16,19-24H2,1H3,(H,32,36)/t30-/m0/s1. The number of sulfonamides is 1. The first kappa shape index (κ1) is 29.5. The molecule has 4 rings (SSSR count). The first-order valence-corrected chi connectivity index (χ1v) is 15.1. The van der Waals surface area contributed by atoms with Crippen molar-refractivity contribution in [2.45, 2.75) is 43.2 Å². The average Bonchev–Trinajstić information content (AvgIpc) is 3.53. The van der Waals surface area contributed by atoms with Crippen molar-refractivity contribution in [1.29, 1.82) is 0 Å². The summed E-state index contributed by atoms with van der Waals surface area (Å²) >= 11 is 0. The number of methoxy groups -OCH3 is 1. The fourth-order valence-electron chi connectivity index (χ4n) is 4.89. The third kappa shape index (κ3) is 7.56. The number of aryl methyl sites for hydroxylation is 1. The summed E-state index contributed by atoms with van der Waals surface area (Å²) in [6.07, 6.45) is 2.35. The molecule has 2 amide bonds. The molecule has 0 radical (unpaired) electrons. The maximum Gasteiger partial charge on any atom is 0.247 e. The van der Waals surface area contributed by atoms with Gasteiger partial charge < -0.3 is 15.0 Å². The Balaban J connectivity index is 1.54. The summed E-state index contributed by atoms with van der Waals surface area (Å²) in [4.78, 5) is 29.1. The Hall–Kier alpha value is -3.53. The van der Waals surface area contributed by atoms with Gasteiger partial charge in [-0.25, -0.2) is 8.42 Å². The van der Waals surface area contributed by atoms with E-state index < -0.39 is 16.1 Å². The summed E-state index contributed by atoms with van der Waals surface area (Å²) in [6, 6.07) is 24.8. The van der Waals surface area contributed by atoms with E-state index in [0.717, 1.165) is 29.5 Å². The van der Waals surface area contributed by atoms with Gasteiger partial charge >= 0.3 is 0 Å². The average molecular weight is 564 g/mol. The first-order chi connectivity index (χ1) is 19.4. The summed E-state index contributed by atoms with van der Waals surface area (Å²) in [5.74, 6) is -0.447. The van der Waals surface area contributed by atoms with Crippen LogP contribution in [0.5, 0.6) is 0 Å². The van der Waals surface area contributed by atoms with Crippen molar-refractivity contribution in [3.63, 3.8) is 0 Å². The quantitative estimate of drug-likeness (QED) is 0.318.